The summed E-state index contributed by atoms with van der Waals surface area (Å²) in [6.45, 7) is 0. The van der Waals surface area contributed by atoms with E-state index >= 15 is 0 Å². The van der Waals surface area contributed by atoms with Crippen LogP contribution in [0.25, 0.3) is 0 Å². The van der Waals surface area contributed by atoms with Gasteiger partial charge in [-0.3, -0.25) is 10.1 Å². The number of nitrogens with zero attached hydrogens (tertiary/aromatic N) is 1. The zero-order chi connectivity index (χ0) is 15.1. The first-order chi connectivity index (χ1) is 10.8. The highest BCUT2D eigenvalue weighted by atomic mass is 16.6. The van der Waals surface area contributed by atoms with Gasteiger partial charge in [0.05, 0.1) is 16.5 Å². The fourth-order valence-corrected chi connectivity index (χ4v) is 3.77. The first-order valence-electron chi connectivity index (χ1n) is 7.51. The molecule has 2 aromatic rings. The lowest BCUT2D eigenvalue weighted by Gasteiger charge is -2.37. The molecule has 0 saturated heterocycles. The highest BCUT2D eigenvalue weighted by Crippen LogP contribution is 2.50. The molecule has 1 aliphatic carbocycles. The van der Waals surface area contributed by atoms with Crippen LogP contribution in [-0.4, -0.2) is 4.92 Å². The van der Waals surface area contributed by atoms with Crippen molar-refractivity contribution in [2.45, 2.75) is 18.4 Å². The van der Waals surface area contributed by atoms with Crippen LogP contribution in [0.5, 0.6) is 0 Å². The number of nitro benzene ring substituents is 1. The van der Waals surface area contributed by atoms with Crippen LogP contribution in [0, 0.1) is 16.0 Å². The smallest absolute Gasteiger partial charge is 0.274 e. The summed E-state index contributed by atoms with van der Waals surface area (Å²) in [6.07, 6.45) is 5.38. The summed E-state index contributed by atoms with van der Waals surface area (Å²) < 4.78 is 0. The van der Waals surface area contributed by atoms with Crippen molar-refractivity contribution in [3.05, 3.63) is 81.9 Å². The number of para-hydroxylation sites is 2. The number of allylic oxidation sites excluding steroid dienone is 2. The van der Waals surface area contributed by atoms with Crippen molar-refractivity contribution in [1.29, 1.82) is 0 Å². The fraction of sp³-hybridized carbons (Fsp3) is 0.222. The molecule has 4 nitrogen and oxygen atoms in total. The molecule has 22 heavy (non-hydrogen) atoms. The summed E-state index contributed by atoms with van der Waals surface area (Å²) in [7, 11) is 0. The van der Waals surface area contributed by atoms with Crippen LogP contribution >= 0.6 is 0 Å². The monoisotopic (exact) mass is 292 g/mol. The Kier molecular flexibility index (Phi) is 2.96. The highest BCUT2D eigenvalue weighted by Gasteiger charge is 2.39. The van der Waals surface area contributed by atoms with Crippen LogP contribution < -0.4 is 5.32 Å². The maximum absolute atomic E-state index is 11.4. The fourth-order valence-electron chi connectivity index (χ4n) is 3.77. The second kappa shape index (κ2) is 4.98. The standard InChI is InChI=1S/C18H16N2O2/c21-20(22)17-11-4-2-7-15(17)18-14-9-5-8-12(14)13-6-1-3-10-16(13)19-18/h1-8,10-12,14,18-19H,9H2/t12-,14+,18+/m0/s1. The summed E-state index contributed by atoms with van der Waals surface area (Å²) >= 11 is 0. The minimum atomic E-state index is -0.283. The van der Waals surface area contributed by atoms with Gasteiger partial charge in [0.15, 0.2) is 0 Å². The third-order valence-electron chi connectivity index (χ3n) is 4.74. The van der Waals surface area contributed by atoms with Crippen molar-refractivity contribution in [1.82, 2.24) is 0 Å². The molecule has 1 aliphatic heterocycles. The van der Waals surface area contributed by atoms with Crippen LogP contribution in [0.2, 0.25) is 0 Å². The third kappa shape index (κ3) is 1.91. The Hall–Kier alpha value is -2.62. The van der Waals surface area contributed by atoms with E-state index in [4.69, 9.17) is 0 Å². The van der Waals surface area contributed by atoms with Gasteiger partial charge in [-0.25, -0.2) is 0 Å². The number of hydrogen-bond acceptors (Lipinski definition) is 3. The summed E-state index contributed by atoms with van der Waals surface area (Å²) in [6, 6.07) is 15.3. The van der Waals surface area contributed by atoms with E-state index in [0.29, 0.717) is 11.8 Å². The average molecular weight is 292 g/mol. The number of fused-ring (bicyclic) bond motifs is 3. The lowest BCUT2D eigenvalue weighted by molar-refractivity contribution is -0.385. The molecule has 4 rings (SSSR count). The summed E-state index contributed by atoms with van der Waals surface area (Å²) in [5, 5.41) is 14.9. The van der Waals surface area contributed by atoms with Gasteiger partial charge in [-0.05, 0) is 24.0 Å². The first-order valence-corrected chi connectivity index (χ1v) is 7.51. The summed E-state index contributed by atoms with van der Waals surface area (Å²) in [5.41, 5.74) is 3.35. The van der Waals surface area contributed by atoms with Crippen molar-refractivity contribution in [2.75, 3.05) is 5.32 Å². The molecule has 0 amide bonds. The number of anilines is 1. The molecular formula is C18H16N2O2. The molecule has 110 valence electrons. The Morgan fingerprint density at radius 3 is 2.59 bits per heavy atom. The van der Waals surface area contributed by atoms with Crippen molar-refractivity contribution in [2.24, 2.45) is 5.92 Å². The van der Waals surface area contributed by atoms with Crippen molar-refractivity contribution in [3.8, 4) is 0 Å². The van der Waals surface area contributed by atoms with Crippen LogP contribution in [0.15, 0.2) is 60.7 Å². The van der Waals surface area contributed by atoms with Crippen molar-refractivity contribution in [3.63, 3.8) is 0 Å². The topological polar surface area (TPSA) is 55.2 Å². The van der Waals surface area contributed by atoms with Gasteiger partial charge < -0.3 is 5.32 Å². The normalized spacial score (nSPS) is 25.2. The van der Waals surface area contributed by atoms with Crippen molar-refractivity contribution < 1.29 is 4.92 Å². The van der Waals surface area contributed by atoms with E-state index in [1.807, 2.05) is 18.2 Å². The molecule has 4 heteroatoms. The number of nitrogens with one attached hydrogen (secondary N) is 1. The van der Waals surface area contributed by atoms with E-state index in [1.54, 1.807) is 12.1 Å². The van der Waals surface area contributed by atoms with E-state index in [0.717, 1.165) is 17.7 Å². The maximum atomic E-state index is 11.4. The summed E-state index contributed by atoms with van der Waals surface area (Å²) in [4.78, 5) is 11.1. The van der Waals surface area contributed by atoms with Crippen LogP contribution in [0.3, 0.4) is 0 Å². The van der Waals surface area contributed by atoms with Gasteiger partial charge in [-0.1, -0.05) is 48.6 Å². The molecule has 3 atom stereocenters. The first kappa shape index (κ1) is 13.1. The third-order valence-corrected chi connectivity index (χ3v) is 4.74. The molecule has 0 spiro atoms. The number of nitro groups is 1. The molecule has 2 aromatic carbocycles. The molecule has 1 heterocycles. The Bertz CT molecular complexity index is 769. The predicted molar refractivity (Wildman–Crippen MR) is 85.9 cm³/mol. The molecule has 0 unspecified atom stereocenters. The lowest BCUT2D eigenvalue weighted by Crippen LogP contribution is -2.29. The molecule has 0 fully saturated rings. The largest absolute Gasteiger partial charge is 0.377 e. The molecule has 0 saturated carbocycles. The second-order valence-electron chi connectivity index (χ2n) is 5.88. The van der Waals surface area contributed by atoms with E-state index in [9.17, 15) is 10.1 Å². The number of benzene rings is 2. The van der Waals surface area contributed by atoms with E-state index < -0.39 is 0 Å². The van der Waals surface area contributed by atoms with Crippen LogP contribution in [-0.2, 0) is 0 Å². The van der Waals surface area contributed by atoms with Gasteiger partial charge in [-0.2, -0.15) is 0 Å². The van der Waals surface area contributed by atoms with E-state index in [1.165, 1.54) is 5.56 Å². The number of rotatable bonds is 2. The van der Waals surface area contributed by atoms with Gasteiger partial charge in [0, 0.05) is 17.7 Å². The Morgan fingerprint density at radius 1 is 1.05 bits per heavy atom. The zero-order valence-electron chi connectivity index (χ0n) is 12.0. The summed E-state index contributed by atoms with van der Waals surface area (Å²) in [5.74, 6) is 0.665. The van der Waals surface area contributed by atoms with Gasteiger partial charge in [-0.15, -0.1) is 0 Å². The predicted octanol–water partition coefficient (Wildman–Crippen LogP) is 4.42. The van der Waals surface area contributed by atoms with Gasteiger partial charge in [0.2, 0.25) is 0 Å². The zero-order valence-corrected chi connectivity index (χ0v) is 12.0. The molecule has 2 aliphatic rings. The second-order valence-corrected chi connectivity index (χ2v) is 5.88. The van der Waals surface area contributed by atoms with Gasteiger partial charge in [0.1, 0.15) is 0 Å². The molecule has 1 N–H and O–H groups in total. The van der Waals surface area contributed by atoms with Crippen molar-refractivity contribution >= 4 is 11.4 Å². The maximum Gasteiger partial charge on any atom is 0.274 e. The highest BCUT2D eigenvalue weighted by molar-refractivity contribution is 5.61. The SMILES string of the molecule is O=[N+]([O-])c1ccccc1[C@@H]1Nc2ccccc2[C@@H]2C=CC[C@H]21. The van der Waals surface area contributed by atoms with E-state index in [-0.39, 0.29) is 16.7 Å². The molecular weight excluding hydrogens is 276 g/mol. The molecule has 0 aromatic heterocycles. The van der Waals surface area contributed by atoms with Crippen LogP contribution in [0.1, 0.15) is 29.5 Å². The number of hydrogen-bond donors (Lipinski definition) is 1. The molecule has 0 radical (unpaired) electrons. The van der Waals surface area contributed by atoms with Crippen LogP contribution in [0.4, 0.5) is 11.4 Å². The van der Waals surface area contributed by atoms with Gasteiger partial charge >= 0.3 is 0 Å². The lowest BCUT2D eigenvalue weighted by atomic mass is 9.77. The average Bonchev–Trinajstić information content (AvgIpc) is 3.04. The van der Waals surface area contributed by atoms with E-state index in [2.05, 4.69) is 35.7 Å². The Labute approximate surface area is 128 Å². The quantitative estimate of drug-likeness (QED) is 0.506. The van der Waals surface area contributed by atoms with Gasteiger partial charge in [0.25, 0.3) is 5.69 Å². The molecule has 0 bridgehead atoms. The minimum Gasteiger partial charge on any atom is -0.377 e. The Balaban J connectivity index is 1.83. The Morgan fingerprint density at radius 2 is 1.77 bits per heavy atom. The minimum absolute atomic E-state index is 0.0310.